The Morgan fingerprint density at radius 1 is 0.658 bits per heavy atom. The average molecular weight is 1090 g/mol. The highest BCUT2D eigenvalue weighted by atomic mass is 16.8. The monoisotopic (exact) mass is 1090 g/mol. The molecule has 8 aliphatic rings. The summed E-state index contributed by atoms with van der Waals surface area (Å²) in [7, 11) is 0. The van der Waals surface area contributed by atoms with Crippen LogP contribution in [0.5, 0.6) is 0 Å². The van der Waals surface area contributed by atoms with E-state index in [4.69, 9.17) is 37.9 Å². The van der Waals surface area contributed by atoms with Crippen LogP contribution >= 0.6 is 0 Å². The maximum absolute atomic E-state index is 12.8. The van der Waals surface area contributed by atoms with Crippen molar-refractivity contribution >= 4 is 0 Å². The number of ether oxygens (including phenoxy) is 8. The van der Waals surface area contributed by atoms with Gasteiger partial charge >= 0.3 is 0 Å². The van der Waals surface area contributed by atoms with Crippen LogP contribution in [0.1, 0.15) is 100 Å². The molecule has 0 amide bonds. The Hall–Kier alpha value is -1.44. The summed E-state index contributed by atoms with van der Waals surface area (Å²) in [6.07, 6.45) is -25.6. The Balaban J connectivity index is 1.05. The predicted molar refractivity (Wildman–Crippen MR) is 262 cm³/mol. The van der Waals surface area contributed by atoms with Crippen LogP contribution in [0.3, 0.4) is 0 Å². The fourth-order valence-electron chi connectivity index (χ4n) is 15.2. The normalized spacial score (nSPS) is 52.1. The van der Waals surface area contributed by atoms with Crippen LogP contribution in [0.4, 0.5) is 0 Å². The van der Waals surface area contributed by atoms with E-state index in [1.165, 1.54) is 0 Å². The van der Waals surface area contributed by atoms with E-state index in [-0.39, 0.29) is 18.4 Å². The van der Waals surface area contributed by atoms with Crippen molar-refractivity contribution in [2.75, 3.05) is 26.4 Å². The van der Waals surface area contributed by atoms with Crippen LogP contribution in [0, 0.1) is 39.4 Å². The fourth-order valence-corrected chi connectivity index (χ4v) is 15.2. The van der Waals surface area contributed by atoms with Crippen LogP contribution in [0.25, 0.3) is 0 Å². The Morgan fingerprint density at radius 3 is 1.87 bits per heavy atom. The summed E-state index contributed by atoms with van der Waals surface area (Å²) < 4.78 is 48.5. The molecule has 8 rings (SSSR count). The number of hydrogen-bond donors (Lipinski definition) is 15. The summed E-state index contributed by atoms with van der Waals surface area (Å²) in [6, 6.07) is 0. The zero-order chi connectivity index (χ0) is 55.9. The lowest BCUT2D eigenvalue weighted by molar-refractivity contribution is -0.375. The summed E-state index contributed by atoms with van der Waals surface area (Å²) in [5.41, 5.74) is -2.28. The molecule has 76 heavy (non-hydrogen) atoms. The SMILES string of the molecule is CC(C)=CCC[C@](C)(O[C@@H]1O[C@@H](CO[C@@H]2OC[C@@H](O)[C@H](O)[C@@H]2O)[C@@H](O)[C@H](O)[C@@H]1O)[C@@H]1CC[C@]2(C)[C@H]1[C@H](O)C[C@H]1[C@@]2(C)[C@@H](O)C=C2C(C)(C)[C@@H](O[C@@H]3O[C@@H](CO)[C@@H](O)[C@H](O)[C@@H]3O[C@@H]3O[C@@H](CO)[C@@H](O)[C@H](O)[C@@H]3O)CC[C@@]21C. The Labute approximate surface area is 443 Å². The first kappa shape index (κ1) is 60.7. The molecule has 23 nitrogen and oxygen atoms in total. The second-order valence-corrected chi connectivity index (χ2v) is 24.9. The minimum Gasteiger partial charge on any atom is -0.394 e. The van der Waals surface area contributed by atoms with Gasteiger partial charge in [0.25, 0.3) is 0 Å². The zero-order valence-corrected chi connectivity index (χ0v) is 44.8. The first-order valence-corrected chi connectivity index (χ1v) is 27.1. The minimum absolute atomic E-state index is 0.288. The highest BCUT2D eigenvalue weighted by molar-refractivity contribution is 5.36. The molecular formula is C53H88O23. The molecule has 23 heteroatoms. The third kappa shape index (κ3) is 10.3. The van der Waals surface area contributed by atoms with Gasteiger partial charge in [-0.3, -0.25) is 0 Å². The maximum Gasteiger partial charge on any atom is 0.187 e. The fraction of sp³-hybridized carbons (Fsp3) is 0.925. The van der Waals surface area contributed by atoms with Gasteiger partial charge in [0.15, 0.2) is 25.2 Å². The second-order valence-electron chi connectivity index (χ2n) is 24.9. The number of aliphatic hydroxyl groups is 15. The number of fused-ring (bicyclic) bond motifs is 5. The second kappa shape index (κ2) is 22.7. The van der Waals surface area contributed by atoms with Crippen LogP contribution < -0.4 is 0 Å². The number of aliphatic hydroxyl groups excluding tert-OH is 15. The van der Waals surface area contributed by atoms with Gasteiger partial charge in [-0.1, -0.05) is 57.9 Å². The number of allylic oxidation sites excluding steroid dienone is 2. The van der Waals surface area contributed by atoms with Crippen molar-refractivity contribution < 1.29 is 114 Å². The molecule has 4 saturated heterocycles. The smallest absolute Gasteiger partial charge is 0.187 e. The van der Waals surface area contributed by atoms with Crippen molar-refractivity contribution in [3.8, 4) is 0 Å². The standard InChI is InChI=1S/C53H88O23/c1-22(2)10-9-13-52(7,76-47-43(68)39(64)37(62)28(73-47)21-70-45-41(66)34(59)25(57)20-69-45)23-11-15-51(6)33(23)24(56)16-30-50(5)14-12-32(49(3,4)29(50)17-31(58)53(30,51)8)74-48-44(40(65)36(61)27(19-55)72-48)75-46-42(67)38(63)35(60)26(18-54)71-46/h10,17,23-28,30-48,54-68H,9,11-16,18-21H2,1-8H3/t23-,24-,25-,26+,27+,28+,30-,31+,32+,33-,34+,35-,36-,37-,38+,39+,40+,41+,42+,43+,44+,45+,46+,47+,48+,50+,51-,52+,53+/m1/s1. The van der Waals surface area contributed by atoms with Gasteiger partial charge in [0.2, 0.25) is 0 Å². The first-order chi connectivity index (χ1) is 35.5. The van der Waals surface area contributed by atoms with Crippen molar-refractivity contribution in [3.63, 3.8) is 0 Å². The van der Waals surface area contributed by atoms with Crippen LogP contribution in [-0.4, -0.2) is 244 Å². The van der Waals surface area contributed by atoms with Crippen LogP contribution in [0.15, 0.2) is 23.3 Å². The molecule has 0 aromatic heterocycles. The Kier molecular flexibility index (Phi) is 18.1. The van der Waals surface area contributed by atoms with Gasteiger partial charge in [0, 0.05) is 10.8 Å². The van der Waals surface area contributed by atoms with Gasteiger partial charge in [-0.15, -0.1) is 0 Å². The molecule has 4 heterocycles. The lowest BCUT2D eigenvalue weighted by atomic mass is 9.37. The summed E-state index contributed by atoms with van der Waals surface area (Å²) in [4.78, 5) is 0. The van der Waals surface area contributed by atoms with Crippen LogP contribution in [-0.2, 0) is 37.9 Å². The molecule has 0 aromatic rings. The zero-order valence-electron chi connectivity index (χ0n) is 44.8. The third-order valence-corrected chi connectivity index (χ3v) is 19.9. The third-order valence-electron chi connectivity index (χ3n) is 19.9. The van der Waals surface area contributed by atoms with E-state index in [1.54, 1.807) is 0 Å². The first-order valence-electron chi connectivity index (χ1n) is 27.1. The van der Waals surface area contributed by atoms with Gasteiger partial charge in [0.05, 0.1) is 50.3 Å². The predicted octanol–water partition coefficient (Wildman–Crippen LogP) is -2.67. The molecule has 0 radical (unpaired) electrons. The van der Waals surface area contributed by atoms with Gasteiger partial charge < -0.3 is 114 Å². The largest absolute Gasteiger partial charge is 0.394 e. The van der Waals surface area contributed by atoms with E-state index in [0.717, 1.165) is 11.1 Å². The van der Waals surface area contributed by atoms with E-state index in [2.05, 4.69) is 26.8 Å². The van der Waals surface area contributed by atoms with E-state index in [9.17, 15) is 76.6 Å². The van der Waals surface area contributed by atoms with E-state index in [1.807, 2.05) is 40.7 Å². The molecule has 0 unspecified atom stereocenters. The lowest BCUT2D eigenvalue weighted by Gasteiger charge is -2.69. The Bertz CT molecular complexity index is 2040. The lowest BCUT2D eigenvalue weighted by Crippen LogP contribution is -2.68. The average Bonchev–Trinajstić information content (AvgIpc) is 3.85. The summed E-state index contributed by atoms with van der Waals surface area (Å²) in [6.45, 7) is 13.9. The van der Waals surface area contributed by atoms with Gasteiger partial charge in [-0.05, 0) is 94.3 Å². The molecule has 3 saturated carbocycles. The molecule has 0 aromatic carbocycles. The molecule has 438 valence electrons. The molecule has 15 N–H and O–H groups in total. The van der Waals surface area contributed by atoms with Gasteiger partial charge in [-0.2, -0.15) is 0 Å². The Morgan fingerprint density at radius 2 is 1.24 bits per heavy atom. The number of rotatable bonds is 15. The van der Waals surface area contributed by atoms with Crippen molar-refractivity contribution in [2.45, 2.75) is 241 Å². The van der Waals surface area contributed by atoms with Crippen LogP contribution in [0.2, 0.25) is 0 Å². The molecule has 29 atom stereocenters. The van der Waals surface area contributed by atoms with Crippen molar-refractivity contribution in [3.05, 3.63) is 23.3 Å². The van der Waals surface area contributed by atoms with Crippen molar-refractivity contribution in [1.82, 2.24) is 0 Å². The molecular weight excluding hydrogens is 1000 g/mol. The minimum atomic E-state index is -1.85. The summed E-state index contributed by atoms with van der Waals surface area (Å²) in [5, 5.41) is 164. The molecule has 4 aliphatic heterocycles. The highest BCUT2D eigenvalue weighted by Crippen LogP contribution is 2.75. The topological polar surface area (TPSA) is 377 Å². The molecule has 7 fully saturated rings. The van der Waals surface area contributed by atoms with E-state index >= 15 is 0 Å². The van der Waals surface area contributed by atoms with Crippen molar-refractivity contribution in [1.29, 1.82) is 0 Å². The molecule has 0 bridgehead atoms. The summed E-state index contributed by atoms with van der Waals surface area (Å²) in [5.74, 6) is -1.14. The van der Waals surface area contributed by atoms with Crippen molar-refractivity contribution in [2.24, 2.45) is 39.4 Å². The summed E-state index contributed by atoms with van der Waals surface area (Å²) >= 11 is 0. The number of hydrogen-bond acceptors (Lipinski definition) is 23. The van der Waals surface area contributed by atoms with E-state index in [0.29, 0.717) is 44.9 Å². The molecule has 0 spiro atoms. The highest BCUT2D eigenvalue weighted by Gasteiger charge is 2.73. The van der Waals surface area contributed by atoms with Gasteiger partial charge in [0.1, 0.15) is 91.6 Å². The van der Waals surface area contributed by atoms with Gasteiger partial charge in [-0.25, -0.2) is 0 Å². The maximum atomic E-state index is 12.8. The quantitative estimate of drug-likeness (QED) is 0.0744. The van der Waals surface area contributed by atoms with E-state index < -0.39 is 188 Å². The molecule has 4 aliphatic carbocycles.